The predicted octanol–water partition coefficient (Wildman–Crippen LogP) is 2.90. The van der Waals surface area contributed by atoms with Gasteiger partial charge in [0.15, 0.2) is 0 Å². The van der Waals surface area contributed by atoms with Crippen LogP contribution in [0.4, 0.5) is 13.2 Å². The molecule has 0 heterocycles. The summed E-state index contributed by atoms with van der Waals surface area (Å²) < 4.78 is 39.6. The summed E-state index contributed by atoms with van der Waals surface area (Å²) in [5.74, 6) is -0.256. The van der Waals surface area contributed by atoms with Crippen LogP contribution in [0.25, 0.3) is 0 Å². The van der Waals surface area contributed by atoms with E-state index in [1.54, 1.807) is 13.0 Å². The van der Waals surface area contributed by atoms with Crippen molar-refractivity contribution in [2.75, 3.05) is 0 Å². The van der Waals surface area contributed by atoms with Crippen LogP contribution in [-0.4, -0.2) is 17.6 Å². The molecule has 0 fully saturated rings. The van der Waals surface area contributed by atoms with Gasteiger partial charge in [0.1, 0.15) is 5.75 Å². The summed E-state index contributed by atoms with van der Waals surface area (Å²) in [6, 6.07) is 5.64. The van der Waals surface area contributed by atoms with E-state index in [1.807, 2.05) is 0 Å². The van der Waals surface area contributed by atoms with Crippen molar-refractivity contribution in [1.29, 1.82) is 0 Å². The number of hydrogen-bond donors (Lipinski definition) is 1. The maximum absolute atomic E-state index is 11.9. The highest BCUT2D eigenvalue weighted by molar-refractivity contribution is 5.29. The number of aliphatic hydroxyl groups excluding tert-OH is 1. The maximum atomic E-state index is 11.9. The third-order valence-corrected chi connectivity index (χ3v) is 2.07. The lowest BCUT2D eigenvalue weighted by atomic mass is 10.1. The van der Waals surface area contributed by atoms with E-state index in [9.17, 15) is 18.3 Å². The van der Waals surface area contributed by atoms with Gasteiger partial charge in [0.05, 0.1) is 6.10 Å². The monoisotopic (exact) mass is 234 g/mol. The number of alkyl halides is 3. The van der Waals surface area contributed by atoms with E-state index in [2.05, 4.69) is 4.74 Å². The van der Waals surface area contributed by atoms with Crippen molar-refractivity contribution in [2.45, 2.75) is 32.2 Å². The van der Waals surface area contributed by atoms with Crippen LogP contribution in [-0.2, 0) is 6.42 Å². The van der Waals surface area contributed by atoms with Crippen LogP contribution in [0.1, 0.15) is 18.9 Å². The lowest BCUT2D eigenvalue weighted by Gasteiger charge is -2.11. The quantitative estimate of drug-likeness (QED) is 0.867. The van der Waals surface area contributed by atoms with E-state index in [0.717, 1.165) is 0 Å². The first kappa shape index (κ1) is 12.8. The molecular weight excluding hydrogens is 221 g/mol. The summed E-state index contributed by atoms with van der Waals surface area (Å²) in [7, 11) is 0. The second-order valence-electron chi connectivity index (χ2n) is 3.46. The molecule has 0 aliphatic heterocycles. The van der Waals surface area contributed by atoms with E-state index in [-0.39, 0.29) is 5.75 Å². The van der Waals surface area contributed by atoms with Gasteiger partial charge in [-0.25, -0.2) is 0 Å². The largest absolute Gasteiger partial charge is 0.573 e. The molecule has 0 aliphatic rings. The van der Waals surface area contributed by atoms with Gasteiger partial charge in [0, 0.05) is 0 Å². The Morgan fingerprint density at radius 2 is 2.06 bits per heavy atom. The van der Waals surface area contributed by atoms with Crippen molar-refractivity contribution in [2.24, 2.45) is 0 Å². The Labute approximate surface area is 91.7 Å². The van der Waals surface area contributed by atoms with E-state index < -0.39 is 12.5 Å². The molecule has 0 radical (unpaired) electrons. The number of ether oxygens (including phenoxy) is 1. The Morgan fingerprint density at radius 3 is 2.62 bits per heavy atom. The second-order valence-corrected chi connectivity index (χ2v) is 3.46. The van der Waals surface area contributed by atoms with Gasteiger partial charge in [0.2, 0.25) is 0 Å². The molecule has 1 rings (SSSR count). The highest BCUT2D eigenvalue weighted by Gasteiger charge is 2.31. The third-order valence-electron chi connectivity index (χ3n) is 2.07. The lowest BCUT2D eigenvalue weighted by molar-refractivity contribution is -0.274. The summed E-state index contributed by atoms with van der Waals surface area (Å²) >= 11 is 0. The Balaban J connectivity index is 2.71. The number of benzene rings is 1. The van der Waals surface area contributed by atoms with Crippen LogP contribution < -0.4 is 4.74 Å². The Kier molecular flexibility index (Phi) is 4.18. The summed E-state index contributed by atoms with van der Waals surface area (Å²) in [4.78, 5) is 0. The fourth-order valence-electron chi connectivity index (χ4n) is 1.29. The molecule has 1 aromatic rings. The summed E-state index contributed by atoms with van der Waals surface area (Å²) in [6.07, 6.45) is -4.33. The van der Waals surface area contributed by atoms with Crippen molar-refractivity contribution in [1.82, 2.24) is 0 Å². The molecule has 5 heteroatoms. The average molecular weight is 234 g/mol. The van der Waals surface area contributed by atoms with Crippen molar-refractivity contribution in [3.05, 3.63) is 29.8 Å². The smallest absolute Gasteiger partial charge is 0.406 e. The summed E-state index contributed by atoms with van der Waals surface area (Å²) in [6.45, 7) is 1.81. The van der Waals surface area contributed by atoms with Crippen LogP contribution in [0, 0.1) is 0 Å². The molecule has 0 amide bonds. The van der Waals surface area contributed by atoms with Crippen molar-refractivity contribution in [3.63, 3.8) is 0 Å². The molecular formula is C11H13F3O2. The van der Waals surface area contributed by atoms with E-state index in [1.165, 1.54) is 18.2 Å². The molecule has 1 aromatic carbocycles. The van der Waals surface area contributed by atoms with Gasteiger partial charge >= 0.3 is 6.36 Å². The van der Waals surface area contributed by atoms with Gasteiger partial charge in [-0.2, -0.15) is 0 Å². The van der Waals surface area contributed by atoms with E-state index in [0.29, 0.717) is 18.4 Å². The second kappa shape index (κ2) is 5.21. The zero-order chi connectivity index (χ0) is 12.2. The number of rotatable bonds is 4. The molecule has 16 heavy (non-hydrogen) atoms. The van der Waals surface area contributed by atoms with Crippen LogP contribution in [0.15, 0.2) is 24.3 Å². The van der Waals surface area contributed by atoms with Crippen LogP contribution in [0.3, 0.4) is 0 Å². The minimum absolute atomic E-state index is 0.256. The minimum atomic E-state index is -4.68. The summed E-state index contributed by atoms with van der Waals surface area (Å²) in [5.41, 5.74) is 0.621. The Bertz CT molecular complexity index is 336. The fourth-order valence-corrected chi connectivity index (χ4v) is 1.29. The van der Waals surface area contributed by atoms with Crippen LogP contribution >= 0.6 is 0 Å². The Hall–Kier alpha value is -1.23. The average Bonchev–Trinajstić information content (AvgIpc) is 2.15. The molecule has 0 saturated heterocycles. The summed E-state index contributed by atoms with van der Waals surface area (Å²) in [5, 5.41) is 9.37. The molecule has 0 bridgehead atoms. The molecule has 0 aromatic heterocycles. The van der Waals surface area contributed by atoms with Crippen molar-refractivity contribution in [3.8, 4) is 5.75 Å². The normalized spacial score (nSPS) is 13.6. The van der Waals surface area contributed by atoms with Crippen molar-refractivity contribution >= 4 is 0 Å². The van der Waals surface area contributed by atoms with E-state index in [4.69, 9.17) is 0 Å². The van der Waals surface area contributed by atoms with Gasteiger partial charge in [-0.1, -0.05) is 19.1 Å². The van der Waals surface area contributed by atoms with Crippen molar-refractivity contribution < 1.29 is 23.0 Å². The molecule has 1 atom stereocenters. The lowest BCUT2D eigenvalue weighted by Crippen LogP contribution is -2.17. The molecule has 1 N–H and O–H groups in total. The number of halogens is 3. The highest BCUT2D eigenvalue weighted by Crippen LogP contribution is 2.23. The standard InChI is InChI=1S/C11H13F3O2/c1-2-9(15)6-8-4-3-5-10(7-8)16-11(12,13)14/h3-5,7,9,15H,2,6H2,1H3/t9-/m1/s1. The van der Waals surface area contributed by atoms with Gasteiger partial charge < -0.3 is 9.84 Å². The third kappa shape index (κ3) is 4.53. The fraction of sp³-hybridized carbons (Fsp3) is 0.455. The van der Waals surface area contributed by atoms with Gasteiger partial charge in [0.25, 0.3) is 0 Å². The molecule has 0 saturated carbocycles. The van der Waals surface area contributed by atoms with Gasteiger partial charge in [-0.05, 0) is 30.5 Å². The molecule has 2 nitrogen and oxygen atoms in total. The maximum Gasteiger partial charge on any atom is 0.573 e. The minimum Gasteiger partial charge on any atom is -0.406 e. The van der Waals surface area contributed by atoms with Gasteiger partial charge in [-0.3, -0.25) is 0 Å². The first-order chi connectivity index (χ1) is 7.40. The van der Waals surface area contributed by atoms with E-state index >= 15 is 0 Å². The van der Waals surface area contributed by atoms with Crippen LogP contribution in [0.2, 0.25) is 0 Å². The molecule has 0 spiro atoms. The zero-order valence-electron chi connectivity index (χ0n) is 8.79. The highest BCUT2D eigenvalue weighted by atomic mass is 19.4. The number of aliphatic hydroxyl groups is 1. The zero-order valence-corrected chi connectivity index (χ0v) is 8.79. The molecule has 0 unspecified atom stereocenters. The molecule has 0 aliphatic carbocycles. The topological polar surface area (TPSA) is 29.5 Å². The van der Waals surface area contributed by atoms with Crippen LogP contribution in [0.5, 0.6) is 5.75 Å². The first-order valence-electron chi connectivity index (χ1n) is 4.93. The predicted molar refractivity (Wildman–Crippen MR) is 53.1 cm³/mol. The number of hydrogen-bond acceptors (Lipinski definition) is 2. The molecule has 90 valence electrons. The Morgan fingerprint density at radius 1 is 1.38 bits per heavy atom. The van der Waals surface area contributed by atoms with Gasteiger partial charge in [-0.15, -0.1) is 13.2 Å². The first-order valence-corrected chi connectivity index (χ1v) is 4.93. The SMILES string of the molecule is CC[C@@H](O)Cc1cccc(OC(F)(F)F)c1.